The van der Waals surface area contributed by atoms with Gasteiger partial charge in [0.25, 0.3) is 0 Å². The average molecular weight is 216 g/mol. The maximum atomic E-state index is 11.6. The first-order chi connectivity index (χ1) is 7.81. The van der Waals surface area contributed by atoms with Crippen LogP contribution >= 0.6 is 0 Å². The van der Waals surface area contributed by atoms with Gasteiger partial charge in [-0.15, -0.1) is 0 Å². The zero-order valence-corrected chi connectivity index (χ0v) is 9.53. The Morgan fingerprint density at radius 1 is 1.38 bits per heavy atom. The Hall–Kier alpha value is -1.57. The van der Waals surface area contributed by atoms with Gasteiger partial charge in [-0.1, -0.05) is 12.2 Å². The highest BCUT2D eigenvalue weighted by atomic mass is 16.5. The number of ketones is 1. The molecule has 0 radical (unpaired) electrons. The van der Waals surface area contributed by atoms with E-state index in [4.69, 9.17) is 4.74 Å². The largest absolute Gasteiger partial charge is 0.490 e. The van der Waals surface area contributed by atoms with Gasteiger partial charge in [0, 0.05) is 12.0 Å². The molecule has 84 valence electrons. The third-order valence-electron chi connectivity index (χ3n) is 2.81. The smallest absolute Gasteiger partial charge is 0.163 e. The summed E-state index contributed by atoms with van der Waals surface area (Å²) < 4.78 is 5.55. The summed E-state index contributed by atoms with van der Waals surface area (Å²) in [5, 5.41) is 0. The summed E-state index contributed by atoms with van der Waals surface area (Å²) in [5.41, 5.74) is 2.01. The van der Waals surface area contributed by atoms with Crippen LogP contribution < -0.4 is 4.74 Å². The van der Waals surface area contributed by atoms with Gasteiger partial charge in [0.2, 0.25) is 0 Å². The molecule has 1 aliphatic carbocycles. The predicted molar refractivity (Wildman–Crippen MR) is 64.0 cm³/mol. The lowest BCUT2D eigenvalue weighted by Crippen LogP contribution is -2.10. The van der Waals surface area contributed by atoms with Crippen molar-refractivity contribution < 1.29 is 9.53 Å². The Labute approximate surface area is 95.9 Å². The zero-order valence-electron chi connectivity index (χ0n) is 9.53. The number of carbonyl (C=O) groups excluding carboxylic acids is 1. The van der Waals surface area contributed by atoms with E-state index in [1.807, 2.05) is 37.3 Å². The molecule has 0 aliphatic heterocycles. The van der Waals surface area contributed by atoms with Crippen LogP contribution in [0.1, 0.15) is 35.7 Å². The number of aryl methyl sites for hydroxylation is 1. The van der Waals surface area contributed by atoms with Crippen molar-refractivity contribution in [2.24, 2.45) is 0 Å². The zero-order chi connectivity index (χ0) is 11.4. The van der Waals surface area contributed by atoms with Gasteiger partial charge in [-0.05, 0) is 43.5 Å². The van der Waals surface area contributed by atoms with E-state index in [1.54, 1.807) is 0 Å². The lowest BCUT2D eigenvalue weighted by Gasteiger charge is -2.15. The molecule has 0 amide bonds. The van der Waals surface area contributed by atoms with Crippen LogP contribution in [0.4, 0.5) is 0 Å². The Morgan fingerprint density at radius 3 is 3.06 bits per heavy atom. The van der Waals surface area contributed by atoms with Crippen molar-refractivity contribution in [1.29, 1.82) is 0 Å². The van der Waals surface area contributed by atoms with Crippen LogP contribution in [0.5, 0.6) is 5.75 Å². The number of hydrogen-bond donors (Lipinski definition) is 0. The van der Waals surface area contributed by atoms with Crippen LogP contribution in [0, 0.1) is 0 Å². The standard InChI is InChI=1S/C14H16O2/c1-2-3-9-16-12-7-8-13-11(10-12)5-4-6-14(13)15/h2-3,7-8,10H,4-6,9H2,1H3. The fourth-order valence-electron chi connectivity index (χ4n) is 1.95. The maximum Gasteiger partial charge on any atom is 0.163 e. The van der Waals surface area contributed by atoms with Crippen LogP contribution in [0.25, 0.3) is 0 Å². The quantitative estimate of drug-likeness (QED) is 0.725. The van der Waals surface area contributed by atoms with E-state index < -0.39 is 0 Å². The summed E-state index contributed by atoms with van der Waals surface area (Å²) in [6.07, 6.45) is 6.56. The van der Waals surface area contributed by atoms with Crippen molar-refractivity contribution in [2.75, 3.05) is 6.61 Å². The second-order valence-corrected chi connectivity index (χ2v) is 3.98. The van der Waals surface area contributed by atoms with E-state index in [0.29, 0.717) is 13.0 Å². The first-order valence-corrected chi connectivity index (χ1v) is 5.71. The molecule has 16 heavy (non-hydrogen) atoms. The summed E-state index contributed by atoms with van der Waals surface area (Å²) in [6, 6.07) is 5.77. The minimum Gasteiger partial charge on any atom is -0.490 e. The molecule has 1 aromatic carbocycles. The molecule has 0 saturated carbocycles. The number of benzene rings is 1. The van der Waals surface area contributed by atoms with Gasteiger partial charge >= 0.3 is 0 Å². The second kappa shape index (κ2) is 4.97. The highest BCUT2D eigenvalue weighted by Crippen LogP contribution is 2.25. The number of hydrogen-bond acceptors (Lipinski definition) is 2. The lowest BCUT2D eigenvalue weighted by molar-refractivity contribution is 0.0972. The van der Waals surface area contributed by atoms with Gasteiger partial charge in [0.15, 0.2) is 5.78 Å². The average Bonchev–Trinajstić information content (AvgIpc) is 2.30. The van der Waals surface area contributed by atoms with Crippen molar-refractivity contribution in [1.82, 2.24) is 0 Å². The number of rotatable bonds is 3. The fraction of sp³-hybridized carbons (Fsp3) is 0.357. The van der Waals surface area contributed by atoms with Crippen molar-refractivity contribution in [3.8, 4) is 5.75 Å². The van der Waals surface area contributed by atoms with Gasteiger partial charge in [0.1, 0.15) is 12.4 Å². The molecule has 0 saturated heterocycles. The fourth-order valence-corrected chi connectivity index (χ4v) is 1.95. The summed E-state index contributed by atoms with van der Waals surface area (Å²) in [5.74, 6) is 1.12. The minimum atomic E-state index is 0.265. The van der Waals surface area contributed by atoms with Crippen LogP contribution in [0.15, 0.2) is 30.4 Å². The molecule has 0 unspecified atom stereocenters. The summed E-state index contributed by atoms with van der Waals surface area (Å²) in [4.78, 5) is 11.6. The second-order valence-electron chi connectivity index (χ2n) is 3.98. The Bertz CT molecular complexity index is 419. The normalized spacial score (nSPS) is 15.2. The Kier molecular flexibility index (Phi) is 3.40. The van der Waals surface area contributed by atoms with Gasteiger partial charge in [-0.3, -0.25) is 4.79 Å². The molecule has 0 atom stereocenters. The van der Waals surface area contributed by atoms with E-state index in [9.17, 15) is 4.79 Å². The molecule has 0 bridgehead atoms. The molecular weight excluding hydrogens is 200 g/mol. The van der Waals surface area contributed by atoms with Crippen molar-refractivity contribution in [3.05, 3.63) is 41.5 Å². The SMILES string of the molecule is CC=CCOc1ccc2c(c1)CCCC2=O. The van der Waals surface area contributed by atoms with Crippen LogP contribution in [-0.2, 0) is 6.42 Å². The van der Waals surface area contributed by atoms with E-state index in [-0.39, 0.29) is 5.78 Å². The monoisotopic (exact) mass is 216 g/mol. The molecule has 0 heterocycles. The molecule has 2 nitrogen and oxygen atoms in total. The van der Waals surface area contributed by atoms with E-state index in [2.05, 4.69) is 0 Å². The van der Waals surface area contributed by atoms with Crippen LogP contribution in [0.2, 0.25) is 0 Å². The number of carbonyl (C=O) groups is 1. The van der Waals surface area contributed by atoms with Gasteiger partial charge < -0.3 is 4.74 Å². The summed E-state index contributed by atoms with van der Waals surface area (Å²) >= 11 is 0. The highest BCUT2D eigenvalue weighted by Gasteiger charge is 2.16. The summed E-state index contributed by atoms with van der Waals surface area (Å²) in [6.45, 7) is 2.55. The van der Waals surface area contributed by atoms with Gasteiger partial charge in [-0.25, -0.2) is 0 Å². The molecule has 2 rings (SSSR count). The molecule has 1 aliphatic rings. The van der Waals surface area contributed by atoms with Crippen molar-refractivity contribution in [2.45, 2.75) is 26.2 Å². The van der Waals surface area contributed by atoms with Crippen LogP contribution in [-0.4, -0.2) is 12.4 Å². The molecule has 0 spiro atoms. The van der Waals surface area contributed by atoms with E-state index in [0.717, 1.165) is 29.7 Å². The predicted octanol–water partition coefficient (Wildman–Crippen LogP) is 3.16. The van der Waals surface area contributed by atoms with Crippen LogP contribution in [0.3, 0.4) is 0 Å². The first-order valence-electron chi connectivity index (χ1n) is 5.71. The van der Waals surface area contributed by atoms with E-state index >= 15 is 0 Å². The topological polar surface area (TPSA) is 26.3 Å². The Morgan fingerprint density at radius 2 is 2.25 bits per heavy atom. The third kappa shape index (κ3) is 2.32. The number of Topliss-reactive ketones (excluding diaryl/α,β-unsaturated/α-hetero) is 1. The molecule has 0 aromatic heterocycles. The number of allylic oxidation sites excluding steroid dienone is 1. The lowest BCUT2D eigenvalue weighted by atomic mass is 9.91. The molecular formula is C14H16O2. The van der Waals surface area contributed by atoms with Crippen molar-refractivity contribution >= 4 is 5.78 Å². The van der Waals surface area contributed by atoms with E-state index in [1.165, 1.54) is 0 Å². The number of fused-ring (bicyclic) bond motifs is 1. The minimum absolute atomic E-state index is 0.265. The van der Waals surface area contributed by atoms with Gasteiger partial charge in [-0.2, -0.15) is 0 Å². The third-order valence-corrected chi connectivity index (χ3v) is 2.81. The Balaban J connectivity index is 2.15. The maximum absolute atomic E-state index is 11.6. The first kappa shape index (κ1) is 10.9. The highest BCUT2D eigenvalue weighted by molar-refractivity contribution is 5.98. The molecule has 0 N–H and O–H groups in total. The molecule has 0 fully saturated rings. The summed E-state index contributed by atoms with van der Waals surface area (Å²) in [7, 11) is 0. The number of ether oxygens (including phenoxy) is 1. The molecule has 1 aromatic rings. The van der Waals surface area contributed by atoms with Gasteiger partial charge in [0.05, 0.1) is 0 Å². The molecule has 2 heteroatoms. The van der Waals surface area contributed by atoms with Crippen molar-refractivity contribution in [3.63, 3.8) is 0 Å².